The summed E-state index contributed by atoms with van der Waals surface area (Å²) < 4.78 is 35.0. The van der Waals surface area contributed by atoms with E-state index in [2.05, 4.69) is 26.1 Å². The van der Waals surface area contributed by atoms with Crippen molar-refractivity contribution in [2.24, 2.45) is 5.92 Å². The first kappa shape index (κ1) is 25.6. The molecule has 1 unspecified atom stereocenters. The van der Waals surface area contributed by atoms with Crippen LogP contribution in [0.1, 0.15) is 31.7 Å². The number of hydrogen-bond acceptors (Lipinski definition) is 6. The van der Waals surface area contributed by atoms with Gasteiger partial charge in [0.05, 0.1) is 24.8 Å². The molecular weight excluding hydrogens is 524 g/mol. The average molecular weight is 558 g/mol. The molecule has 1 aromatic rings. The van der Waals surface area contributed by atoms with E-state index in [1.165, 1.54) is 4.31 Å². The highest BCUT2D eigenvalue weighted by Gasteiger charge is 2.38. The molecule has 3 heterocycles. The van der Waals surface area contributed by atoms with Gasteiger partial charge in [-0.05, 0) is 37.0 Å². The molecule has 0 aromatic heterocycles. The zero-order valence-electron chi connectivity index (χ0n) is 19.6. The van der Waals surface area contributed by atoms with E-state index < -0.39 is 10.0 Å². The molecule has 1 atom stereocenters. The lowest BCUT2D eigenvalue weighted by molar-refractivity contribution is -0.126. The second-order valence-electron chi connectivity index (χ2n) is 9.01. The third-order valence-electron chi connectivity index (χ3n) is 6.80. The SMILES string of the molecule is CCC(=O)N1CCc2cc(Br)cc(S(=O)(=O)N3CCCC(C(=O)NCCN4CCOCC4)C3)c21. The first-order valence-corrected chi connectivity index (χ1v) is 14.2. The molecule has 9 nitrogen and oxygen atoms in total. The molecule has 1 N–H and O–H groups in total. The molecule has 2 fully saturated rings. The Balaban J connectivity index is 1.47. The number of benzene rings is 1. The molecule has 2 amide bonds. The molecule has 3 aliphatic rings. The maximum Gasteiger partial charge on any atom is 0.245 e. The second kappa shape index (κ2) is 11.0. The van der Waals surface area contributed by atoms with Crippen molar-refractivity contribution >= 4 is 43.5 Å². The minimum absolute atomic E-state index is 0.0892. The molecule has 2 saturated heterocycles. The van der Waals surface area contributed by atoms with Crippen LogP contribution in [-0.2, 0) is 30.8 Å². The molecule has 0 saturated carbocycles. The Kier molecular flexibility index (Phi) is 8.29. The maximum absolute atomic E-state index is 13.8. The summed E-state index contributed by atoms with van der Waals surface area (Å²) in [6, 6.07) is 3.47. The summed E-state index contributed by atoms with van der Waals surface area (Å²) in [6.07, 6.45) is 2.21. The van der Waals surface area contributed by atoms with Gasteiger partial charge in [-0.25, -0.2) is 8.42 Å². The maximum atomic E-state index is 13.8. The summed E-state index contributed by atoms with van der Waals surface area (Å²) in [5, 5.41) is 2.99. The van der Waals surface area contributed by atoms with Crippen LogP contribution < -0.4 is 10.2 Å². The fourth-order valence-corrected chi connectivity index (χ4v) is 7.37. The first-order chi connectivity index (χ1) is 16.3. The molecule has 34 heavy (non-hydrogen) atoms. The first-order valence-electron chi connectivity index (χ1n) is 12.0. The summed E-state index contributed by atoms with van der Waals surface area (Å²) in [5.74, 6) is -0.578. The molecule has 4 rings (SSSR count). The highest BCUT2D eigenvalue weighted by molar-refractivity contribution is 9.10. The van der Waals surface area contributed by atoms with Crippen LogP contribution in [0.4, 0.5) is 5.69 Å². The number of morpholine rings is 1. The van der Waals surface area contributed by atoms with Crippen LogP contribution in [0, 0.1) is 5.92 Å². The zero-order chi connectivity index (χ0) is 24.3. The van der Waals surface area contributed by atoms with Crippen molar-refractivity contribution in [1.82, 2.24) is 14.5 Å². The lowest BCUT2D eigenvalue weighted by atomic mass is 9.99. The minimum atomic E-state index is -3.88. The Hall–Kier alpha value is -1.53. The van der Waals surface area contributed by atoms with Gasteiger partial charge in [-0.1, -0.05) is 22.9 Å². The van der Waals surface area contributed by atoms with Crippen molar-refractivity contribution in [1.29, 1.82) is 0 Å². The normalized spacial score (nSPS) is 21.9. The van der Waals surface area contributed by atoms with Crippen LogP contribution in [0.15, 0.2) is 21.5 Å². The van der Waals surface area contributed by atoms with E-state index >= 15 is 0 Å². The average Bonchev–Trinajstić information content (AvgIpc) is 3.27. The minimum Gasteiger partial charge on any atom is -0.379 e. The number of nitrogens with one attached hydrogen (secondary N) is 1. The summed E-state index contributed by atoms with van der Waals surface area (Å²) in [5.41, 5.74) is 1.34. The number of carbonyl (C=O) groups excluding carboxylic acids is 2. The van der Waals surface area contributed by atoms with Crippen molar-refractivity contribution in [2.75, 3.05) is 63.9 Å². The third-order valence-corrected chi connectivity index (χ3v) is 9.14. The molecule has 3 aliphatic heterocycles. The quantitative estimate of drug-likeness (QED) is 0.547. The van der Waals surface area contributed by atoms with Gasteiger partial charge in [0.2, 0.25) is 21.8 Å². The van der Waals surface area contributed by atoms with Crippen molar-refractivity contribution in [2.45, 2.75) is 37.5 Å². The number of sulfonamides is 1. The van der Waals surface area contributed by atoms with Gasteiger partial charge in [0.1, 0.15) is 4.90 Å². The van der Waals surface area contributed by atoms with Gasteiger partial charge >= 0.3 is 0 Å². The number of anilines is 1. The number of hydrogen-bond donors (Lipinski definition) is 1. The summed E-state index contributed by atoms with van der Waals surface area (Å²) in [7, 11) is -3.88. The van der Waals surface area contributed by atoms with Gasteiger partial charge in [-0.15, -0.1) is 0 Å². The number of halogens is 1. The number of ether oxygens (including phenoxy) is 1. The predicted octanol–water partition coefficient (Wildman–Crippen LogP) is 1.60. The molecule has 0 spiro atoms. The van der Waals surface area contributed by atoms with Gasteiger partial charge < -0.3 is 15.0 Å². The smallest absolute Gasteiger partial charge is 0.245 e. The van der Waals surface area contributed by atoms with E-state index in [1.807, 2.05) is 6.07 Å². The van der Waals surface area contributed by atoms with Gasteiger partial charge in [0.15, 0.2) is 0 Å². The zero-order valence-corrected chi connectivity index (χ0v) is 22.0. The lowest BCUT2D eigenvalue weighted by Crippen LogP contribution is -2.47. The van der Waals surface area contributed by atoms with E-state index in [1.54, 1.807) is 17.9 Å². The molecular formula is C23H33BrN4O5S. The lowest BCUT2D eigenvalue weighted by Gasteiger charge is -2.32. The standard InChI is InChI=1S/C23H33BrN4O5S/c1-2-21(29)28-8-5-17-14-19(24)15-20(22(17)28)34(31,32)27-7-3-4-18(16-27)23(30)25-6-9-26-10-12-33-13-11-26/h14-15,18H,2-13,16H2,1H3,(H,25,30). The number of amides is 2. The van der Waals surface area contributed by atoms with Crippen molar-refractivity contribution < 1.29 is 22.7 Å². The molecule has 0 radical (unpaired) electrons. The highest BCUT2D eigenvalue weighted by Crippen LogP contribution is 2.39. The predicted molar refractivity (Wildman–Crippen MR) is 132 cm³/mol. The Morgan fingerprint density at radius 1 is 1.18 bits per heavy atom. The number of nitrogens with zero attached hydrogens (tertiary/aromatic N) is 3. The highest BCUT2D eigenvalue weighted by atomic mass is 79.9. The van der Waals surface area contributed by atoms with Crippen LogP contribution in [0.2, 0.25) is 0 Å². The Labute approximate surface area is 210 Å². The molecule has 0 bridgehead atoms. The molecule has 1 aromatic carbocycles. The van der Waals surface area contributed by atoms with Gasteiger partial charge in [0.25, 0.3) is 0 Å². The fourth-order valence-electron chi connectivity index (χ4n) is 4.93. The van der Waals surface area contributed by atoms with Crippen LogP contribution in [0.5, 0.6) is 0 Å². The molecule has 188 valence electrons. The summed E-state index contributed by atoms with van der Waals surface area (Å²) >= 11 is 3.44. The second-order valence-corrected chi connectivity index (χ2v) is 11.8. The van der Waals surface area contributed by atoms with Crippen molar-refractivity contribution in [3.63, 3.8) is 0 Å². The van der Waals surface area contributed by atoms with Gasteiger partial charge in [-0.3, -0.25) is 14.5 Å². The number of fused-ring (bicyclic) bond motifs is 1. The van der Waals surface area contributed by atoms with Crippen LogP contribution in [0.25, 0.3) is 0 Å². The van der Waals surface area contributed by atoms with E-state index in [-0.39, 0.29) is 29.2 Å². The summed E-state index contributed by atoms with van der Waals surface area (Å²) in [6.45, 7) is 7.21. The number of rotatable bonds is 7. The largest absolute Gasteiger partial charge is 0.379 e. The molecule has 11 heteroatoms. The third kappa shape index (κ3) is 5.48. The number of carbonyl (C=O) groups is 2. The van der Waals surface area contributed by atoms with E-state index in [0.717, 1.165) is 25.2 Å². The van der Waals surface area contributed by atoms with Crippen molar-refractivity contribution in [3.8, 4) is 0 Å². The fraction of sp³-hybridized carbons (Fsp3) is 0.652. The van der Waals surface area contributed by atoms with Gasteiger partial charge in [0, 0.05) is 56.7 Å². The van der Waals surface area contributed by atoms with Crippen LogP contribution in [-0.4, -0.2) is 88.5 Å². The number of piperidine rings is 1. The van der Waals surface area contributed by atoms with Crippen LogP contribution >= 0.6 is 15.9 Å². The van der Waals surface area contributed by atoms with E-state index in [9.17, 15) is 18.0 Å². The van der Waals surface area contributed by atoms with E-state index in [0.29, 0.717) is 68.7 Å². The van der Waals surface area contributed by atoms with Gasteiger partial charge in [-0.2, -0.15) is 4.31 Å². The summed E-state index contributed by atoms with van der Waals surface area (Å²) in [4.78, 5) is 29.3. The molecule has 0 aliphatic carbocycles. The van der Waals surface area contributed by atoms with Crippen molar-refractivity contribution in [3.05, 3.63) is 22.2 Å². The van der Waals surface area contributed by atoms with Crippen LogP contribution in [0.3, 0.4) is 0 Å². The van der Waals surface area contributed by atoms with E-state index in [4.69, 9.17) is 4.74 Å². The Bertz CT molecular complexity index is 1030. The Morgan fingerprint density at radius 2 is 1.94 bits per heavy atom. The topological polar surface area (TPSA) is 99.3 Å². The monoisotopic (exact) mass is 556 g/mol. The Morgan fingerprint density at radius 3 is 2.68 bits per heavy atom.